The highest BCUT2D eigenvalue weighted by molar-refractivity contribution is 5.96. The summed E-state index contributed by atoms with van der Waals surface area (Å²) in [6.07, 6.45) is 1.06. The van der Waals surface area contributed by atoms with Gasteiger partial charge in [0.1, 0.15) is 5.58 Å². The fourth-order valence-electron chi connectivity index (χ4n) is 3.84. The van der Waals surface area contributed by atoms with Gasteiger partial charge in [0.25, 0.3) is 5.91 Å². The number of nitrogens with zero attached hydrogens (tertiary/aromatic N) is 2. The number of carbonyl (C=O) groups is 1. The van der Waals surface area contributed by atoms with Crippen molar-refractivity contribution in [2.24, 2.45) is 0 Å². The third-order valence-electron chi connectivity index (χ3n) is 5.46. The number of rotatable bonds is 2. The highest BCUT2D eigenvalue weighted by Gasteiger charge is 2.32. The highest BCUT2D eigenvalue weighted by atomic mass is 16.3. The van der Waals surface area contributed by atoms with Crippen LogP contribution in [0, 0.1) is 13.8 Å². The molecule has 2 aromatic rings. The summed E-state index contributed by atoms with van der Waals surface area (Å²) in [5.74, 6) is 0.495. The molecular formula is C19H25N3O2. The molecule has 4 rings (SSSR count). The zero-order valence-electron chi connectivity index (χ0n) is 14.5. The van der Waals surface area contributed by atoms with Crippen molar-refractivity contribution in [2.45, 2.75) is 26.3 Å². The van der Waals surface area contributed by atoms with Crippen molar-refractivity contribution in [1.82, 2.24) is 15.1 Å². The molecule has 1 N–H and O–H groups in total. The molecule has 0 radical (unpaired) electrons. The molecule has 2 fully saturated rings. The Kier molecular flexibility index (Phi) is 4.06. The molecule has 1 aromatic heterocycles. The van der Waals surface area contributed by atoms with Crippen LogP contribution in [0.2, 0.25) is 0 Å². The molecule has 0 bridgehead atoms. The summed E-state index contributed by atoms with van der Waals surface area (Å²) >= 11 is 0. The number of piperazine rings is 1. The minimum absolute atomic E-state index is 0.0270. The van der Waals surface area contributed by atoms with E-state index in [-0.39, 0.29) is 5.91 Å². The fraction of sp³-hybridized carbons (Fsp3) is 0.526. The summed E-state index contributed by atoms with van der Waals surface area (Å²) in [4.78, 5) is 17.3. The molecule has 2 aliphatic heterocycles. The Morgan fingerprint density at radius 2 is 1.88 bits per heavy atom. The predicted octanol–water partition coefficient (Wildman–Crippen LogP) is 2.17. The van der Waals surface area contributed by atoms with E-state index in [1.807, 2.05) is 17.0 Å². The van der Waals surface area contributed by atoms with Crippen LogP contribution in [0.5, 0.6) is 0 Å². The molecule has 1 atom stereocenters. The van der Waals surface area contributed by atoms with Crippen molar-refractivity contribution in [3.05, 3.63) is 35.1 Å². The first-order valence-electron chi connectivity index (χ1n) is 8.86. The number of likely N-dealkylation sites (tertiary alicyclic amines) is 1. The normalized spacial score (nSPS) is 22.4. The Hall–Kier alpha value is -1.85. The fourth-order valence-corrected chi connectivity index (χ4v) is 3.84. The maximum absolute atomic E-state index is 12.8. The van der Waals surface area contributed by atoms with E-state index in [0.717, 1.165) is 56.7 Å². The molecule has 0 spiro atoms. The van der Waals surface area contributed by atoms with E-state index in [0.29, 0.717) is 11.8 Å². The van der Waals surface area contributed by atoms with Gasteiger partial charge in [0.15, 0.2) is 5.76 Å². The van der Waals surface area contributed by atoms with Gasteiger partial charge in [-0.3, -0.25) is 9.69 Å². The largest absolute Gasteiger partial charge is 0.451 e. The molecular weight excluding hydrogens is 302 g/mol. The van der Waals surface area contributed by atoms with Gasteiger partial charge in [-0.2, -0.15) is 0 Å². The van der Waals surface area contributed by atoms with Crippen LogP contribution in [-0.2, 0) is 0 Å². The van der Waals surface area contributed by atoms with Crippen LogP contribution in [0.3, 0.4) is 0 Å². The monoisotopic (exact) mass is 327 g/mol. The van der Waals surface area contributed by atoms with E-state index in [4.69, 9.17) is 4.42 Å². The van der Waals surface area contributed by atoms with Crippen molar-refractivity contribution in [3.63, 3.8) is 0 Å². The summed E-state index contributed by atoms with van der Waals surface area (Å²) in [7, 11) is 0. The van der Waals surface area contributed by atoms with E-state index < -0.39 is 0 Å². The van der Waals surface area contributed by atoms with Crippen molar-refractivity contribution < 1.29 is 9.21 Å². The lowest BCUT2D eigenvalue weighted by atomic mass is 10.1. The molecule has 24 heavy (non-hydrogen) atoms. The standard InChI is InChI=1S/C19H25N3O2/c1-13-9-15-11-18(24-17(15)10-14(13)2)19(23)22-6-3-16(12-22)21-7-4-20-5-8-21/h9-11,16,20H,3-8,12H2,1-2H3. The number of hydrogen-bond acceptors (Lipinski definition) is 4. The molecule has 1 aromatic carbocycles. The zero-order valence-corrected chi connectivity index (χ0v) is 14.5. The van der Waals surface area contributed by atoms with E-state index in [2.05, 4.69) is 30.1 Å². The van der Waals surface area contributed by atoms with Gasteiger partial charge >= 0.3 is 0 Å². The van der Waals surface area contributed by atoms with Gasteiger partial charge in [0, 0.05) is 50.7 Å². The Labute approximate surface area is 142 Å². The minimum atomic E-state index is 0.0270. The average molecular weight is 327 g/mol. The lowest BCUT2D eigenvalue weighted by Gasteiger charge is -2.32. The first-order valence-corrected chi connectivity index (χ1v) is 8.86. The van der Waals surface area contributed by atoms with Crippen LogP contribution in [0.1, 0.15) is 28.1 Å². The summed E-state index contributed by atoms with van der Waals surface area (Å²) in [6, 6.07) is 6.50. The number of carbonyl (C=O) groups excluding carboxylic acids is 1. The number of aryl methyl sites for hydroxylation is 2. The SMILES string of the molecule is Cc1cc2cc(C(=O)N3CCC(N4CCNCC4)C3)oc2cc1C. The first kappa shape index (κ1) is 15.7. The molecule has 5 nitrogen and oxygen atoms in total. The molecule has 0 aliphatic carbocycles. The lowest BCUT2D eigenvalue weighted by Crippen LogP contribution is -2.49. The van der Waals surface area contributed by atoms with Gasteiger partial charge in [-0.15, -0.1) is 0 Å². The predicted molar refractivity (Wildman–Crippen MR) is 94.4 cm³/mol. The molecule has 128 valence electrons. The lowest BCUT2D eigenvalue weighted by molar-refractivity contribution is 0.0744. The van der Waals surface area contributed by atoms with Gasteiger partial charge in [0.2, 0.25) is 0 Å². The van der Waals surface area contributed by atoms with Gasteiger partial charge in [-0.1, -0.05) is 0 Å². The number of hydrogen-bond donors (Lipinski definition) is 1. The van der Waals surface area contributed by atoms with Crippen LogP contribution < -0.4 is 5.32 Å². The van der Waals surface area contributed by atoms with Crippen LogP contribution in [0.15, 0.2) is 22.6 Å². The second-order valence-electron chi connectivity index (χ2n) is 7.06. The smallest absolute Gasteiger partial charge is 0.289 e. The Balaban J connectivity index is 1.49. The second-order valence-corrected chi connectivity index (χ2v) is 7.06. The van der Waals surface area contributed by atoms with Crippen molar-refractivity contribution in [2.75, 3.05) is 39.3 Å². The number of benzene rings is 1. The topological polar surface area (TPSA) is 48.7 Å². The molecule has 2 saturated heterocycles. The van der Waals surface area contributed by atoms with Crippen LogP contribution in [0.25, 0.3) is 11.0 Å². The molecule has 5 heteroatoms. The van der Waals surface area contributed by atoms with E-state index in [1.165, 1.54) is 11.1 Å². The number of furan rings is 1. The average Bonchev–Trinajstić information content (AvgIpc) is 3.23. The van der Waals surface area contributed by atoms with Gasteiger partial charge in [0.05, 0.1) is 0 Å². The quantitative estimate of drug-likeness (QED) is 0.918. The second kappa shape index (κ2) is 6.22. The van der Waals surface area contributed by atoms with Crippen molar-refractivity contribution in [1.29, 1.82) is 0 Å². The van der Waals surface area contributed by atoms with Gasteiger partial charge in [-0.05, 0) is 49.6 Å². The van der Waals surface area contributed by atoms with Gasteiger partial charge < -0.3 is 14.6 Å². The van der Waals surface area contributed by atoms with Crippen LogP contribution in [0.4, 0.5) is 0 Å². The Bertz CT molecular complexity index is 722. The zero-order chi connectivity index (χ0) is 16.7. The van der Waals surface area contributed by atoms with Crippen molar-refractivity contribution >= 4 is 16.9 Å². The molecule has 3 heterocycles. The summed E-state index contributed by atoms with van der Waals surface area (Å²) in [5, 5.41) is 4.40. The summed E-state index contributed by atoms with van der Waals surface area (Å²) < 4.78 is 5.84. The molecule has 1 unspecified atom stereocenters. The number of fused-ring (bicyclic) bond motifs is 1. The third-order valence-corrected chi connectivity index (χ3v) is 5.46. The highest BCUT2D eigenvalue weighted by Crippen LogP contribution is 2.25. The van der Waals surface area contributed by atoms with E-state index in [9.17, 15) is 4.79 Å². The van der Waals surface area contributed by atoms with E-state index in [1.54, 1.807) is 0 Å². The minimum Gasteiger partial charge on any atom is -0.451 e. The Morgan fingerprint density at radius 3 is 2.67 bits per heavy atom. The third kappa shape index (κ3) is 2.82. The summed E-state index contributed by atoms with van der Waals surface area (Å²) in [5.41, 5.74) is 3.22. The number of nitrogens with one attached hydrogen (secondary N) is 1. The summed E-state index contributed by atoms with van der Waals surface area (Å²) in [6.45, 7) is 10.0. The molecule has 0 saturated carbocycles. The van der Waals surface area contributed by atoms with Crippen LogP contribution in [-0.4, -0.2) is 61.0 Å². The van der Waals surface area contributed by atoms with Gasteiger partial charge in [-0.25, -0.2) is 0 Å². The number of amides is 1. The first-order chi connectivity index (χ1) is 11.6. The van der Waals surface area contributed by atoms with E-state index >= 15 is 0 Å². The Morgan fingerprint density at radius 1 is 1.12 bits per heavy atom. The maximum atomic E-state index is 12.8. The molecule has 1 amide bonds. The molecule has 2 aliphatic rings. The maximum Gasteiger partial charge on any atom is 0.289 e. The van der Waals surface area contributed by atoms with Crippen LogP contribution >= 0.6 is 0 Å². The van der Waals surface area contributed by atoms with Crippen molar-refractivity contribution in [3.8, 4) is 0 Å².